The van der Waals surface area contributed by atoms with Gasteiger partial charge in [-0.25, -0.2) is 4.98 Å². The lowest BCUT2D eigenvalue weighted by Gasteiger charge is -2.07. The molecule has 3 aromatic rings. The summed E-state index contributed by atoms with van der Waals surface area (Å²) in [7, 11) is 0. The van der Waals surface area contributed by atoms with Gasteiger partial charge in [0.2, 0.25) is 5.88 Å². The zero-order chi connectivity index (χ0) is 16.1. The minimum absolute atomic E-state index is 0.207. The number of benzene rings is 1. The third-order valence-corrected chi connectivity index (χ3v) is 3.18. The van der Waals surface area contributed by atoms with Gasteiger partial charge in [0.15, 0.2) is 0 Å². The fraction of sp³-hybridized carbons (Fsp3) is 0.0556. The zero-order valence-corrected chi connectivity index (χ0v) is 12.6. The van der Waals surface area contributed by atoms with Gasteiger partial charge >= 0.3 is 0 Å². The van der Waals surface area contributed by atoms with E-state index in [1.165, 1.54) is 5.56 Å². The van der Waals surface area contributed by atoms with Crippen LogP contribution in [0.2, 0.25) is 0 Å². The van der Waals surface area contributed by atoms with Crippen LogP contribution in [-0.2, 0) is 0 Å². The van der Waals surface area contributed by atoms with Crippen LogP contribution in [0.4, 0.5) is 5.69 Å². The molecule has 0 saturated carbocycles. The van der Waals surface area contributed by atoms with Crippen molar-refractivity contribution in [1.29, 1.82) is 0 Å². The number of carbonyl (C=O) groups excluding carboxylic acids is 1. The first-order chi connectivity index (χ1) is 11.2. The molecule has 0 fully saturated rings. The highest BCUT2D eigenvalue weighted by molar-refractivity contribution is 6.04. The molecule has 0 aliphatic rings. The van der Waals surface area contributed by atoms with Gasteiger partial charge in [0, 0.05) is 24.0 Å². The second kappa shape index (κ2) is 6.70. The number of anilines is 1. The van der Waals surface area contributed by atoms with Gasteiger partial charge < -0.3 is 10.1 Å². The topological polar surface area (TPSA) is 64.1 Å². The first-order valence-electron chi connectivity index (χ1n) is 7.13. The Balaban J connectivity index is 1.65. The van der Waals surface area contributed by atoms with E-state index in [1.54, 1.807) is 42.9 Å². The Morgan fingerprint density at radius 3 is 2.39 bits per heavy atom. The number of nitrogens with one attached hydrogen (secondary N) is 1. The molecule has 0 saturated heterocycles. The van der Waals surface area contributed by atoms with Crippen LogP contribution in [0.5, 0.6) is 11.6 Å². The van der Waals surface area contributed by atoms with Crippen molar-refractivity contribution in [3.63, 3.8) is 0 Å². The molecule has 1 N–H and O–H groups in total. The van der Waals surface area contributed by atoms with E-state index in [2.05, 4.69) is 15.3 Å². The molecular weight excluding hydrogens is 290 g/mol. The van der Waals surface area contributed by atoms with E-state index in [1.807, 2.05) is 31.2 Å². The Kier molecular flexibility index (Phi) is 4.29. The Hall–Kier alpha value is -3.21. The number of rotatable bonds is 4. The van der Waals surface area contributed by atoms with Crippen LogP contribution in [0.3, 0.4) is 0 Å². The van der Waals surface area contributed by atoms with Crippen LogP contribution >= 0.6 is 0 Å². The number of carbonyl (C=O) groups is 1. The quantitative estimate of drug-likeness (QED) is 0.795. The van der Waals surface area contributed by atoms with Gasteiger partial charge in [-0.2, -0.15) is 0 Å². The highest BCUT2D eigenvalue weighted by Crippen LogP contribution is 2.20. The maximum Gasteiger partial charge on any atom is 0.255 e. The number of hydrogen-bond donors (Lipinski definition) is 1. The van der Waals surface area contributed by atoms with Crippen molar-refractivity contribution in [1.82, 2.24) is 9.97 Å². The first-order valence-corrected chi connectivity index (χ1v) is 7.13. The Morgan fingerprint density at radius 2 is 1.74 bits per heavy atom. The fourth-order valence-corrected chi connectivity index (χ4v) is 1.95. The van der Waals surface area contributed by atoms with E-state index < -0.39 is 0 Å². The minimum atomic E-state index is -0.207. The number of nitrogens with zero attached hydrogens (tertiary/aromatic N) is 2. The van der Waals surface area contributed by atoms with E-state index in [0.717, 1.165) is 5.75 Å². The van der Waals surface area contributed by atoms with E-state index in [9.17, 15) is 4.79 Å². The summed E-state index contributed by atoms with van der Waals surface area (Å²) >= 11 is 0. The number of hydrogen-bond acceptors (Lipinski definition) is 4. The molecule has 23 heavy (non-hydrogen) atoms. The smallest absolute Gasteiger partial charge is 0.255 e. The zero-order valence-electron chi connectivity index (χ0n) is 12.6. The van der Waals surface area contributed by atoms with Crippen molar-refractivity contribution in [2.75, 3.05) is 5.32 Å². The molecule has 5 nitrogen and oxygen atoms in total. The van der Waals surface area contributed by atoms with Crippen molar-refractivity contribution >= 4 is 11.6 Å². The standard InChI is InChI=1S/C18H15N3O2/c1-13-2-5-16(6-3-13)23-17-7-4-15(12-20-17)21-18(22)14-8-10-19-11-9-14/h2-12H,1H3,(H,21,22). The molecule has 0 bridgehead atoms. The molecule has 0 atom stereocenters. The van der Waals surface area contributed by atoms with Crippen molar-refractivity contribution in [3.8, 4) is 11.6 Å². The summed E-state index contributed by atoms with van der Waals surface area (Å²) in [4.78, 5) is 20.1. The SMILES string of the molecule is Cc1ccc(Oc2ccc(NC(=O)c3ccncc3)cn2)cc1. The fourth-order valence-electron chi connectivity index (χ4n) is 1.95. The van der Waals surface area contributed by atoms with Gasteiger partial charge in [-0.1, -0.05) is 17.7 Å². The molecule has 3 rings (SSSR count). The molecular formula is C18H15N3O2. The molecule has 0 radical (unpaired) electrons. The maximum atomic E-state index is 12.0. The van der Waals surface area contributed by atoms with Crippen molar-refractivity contribution in [2.45, 2.75) is 6.92 Å². The van der Waals surface area contributed by atoms with Crippen molar-refractivity contribution < 1.29 is 9.53 Å². The molecule has 0 spiro atoms. The van der Waals surface area contributed by atoms with Crippen LogP contribution in [0, 0.1) is 6.92 Å². The number of aryl methyl sites for hydroxylation is 1. The van der Waals surface area contributed by atoms with Gasteiger partial charge in [0.1, 0.15) is 5.75 Å². The second-order valence-electron chi connectivity index (χ2n) is 4.99. The van der Waals surface area contributed by atoms with E-state index in [-0.39, 0.29) is 5.91 Å². The number of ether oxygens (including phenoxy) is 1. The highest BCUT2D eigenvalue weighted by Gasteiger charge is 2.06. The Labute approximate surface area is 134 Å². The molecule has 2 heterocycles. The van der Waals surface area contributed by atoms with E-state index in [4.69, 9.17) is 4.74 Å². The monoisotopic (exact) mass is 305 g/mol. The average Bonchev–Trinajstić information content (AvgIpc) is 2.59. The van der Waals surface area contributed by atoms with E-state index >= 15 is 0 Å². The summed E-state index contributed by atoms with van der Waals surface area (Å²) in [6.45, 7) is 2.02. The lowest BCUT2D eigenvalue weighted by atomic mass is 10.2. The van der Waals surface area contributed by atoms with Crippen LogP contribution in [-0.4, -0.2) is 15.9 Å². The van der Waals surface area contributed by atoms with Crippen LogP contribution in [0.15, 0.2) is 67.1 Å². The first kappa shape index (κ1) is 14.7. The lowest BCUT2D eigenvalue weighted by Crippen LogP contribution is -2.11. The van der Waals surface area contributed by atoms with Crippen molar-refractivity contribution in [2.24, 2.45) is 0 Å². The summed E-state index contributed by atoms with van der Waals surface area (Å²) < 4.78 is 5.65. The Bertz CT molecular complexity index is 785. The van der Waals surface area contributed by atoms with Gasteiger partial charge in [0.05, 0.1) is 11.9 Å². The molecule has 0 unspecified atom stereocenters. The number of pyridine rings is 2. The minimum Gasteiger partial charge on any atom is -0.439 e. The lowest BCUT2D eigenvalue weighted by molar-refractivity contribution is 0.102. The molecule has 2 aromatic heterocycles. The summed E-state index contributed by atoms with van der Waals surface area (Å²) in [5, 5.41) is 2.77. The van der Waals surface area contributed by atoms with E-state index in [0.29, 0.717) is 17.1 Å². The normalized spacial score (nSPS) is 10.1. The third kappa shape index (κ3) is 3.91. The molecule has 1 amide bonds. The molecule has 114 valence electrons. The summed E-state index contributed by atoms with van der Waals surface area (Å²) in [5.41, 5.74) is 2.31. The molecule has 1 aromatic carbocycles. The maximum absolute atomic E-state index is 12.0. The van der Waals surface area contributed by atoms with Crippen molar-refractivity contribution in [3.05, 3.63) is 78.2 Å². The van der Waals surface area contributed by atoms with Gasteiger partial charge in [-0.05, 0) is 37.3 Å². The number of amides is 1. The average molecular weight is 305 g/mol. The van der Waals surface area contributed by atoms with Gasteiger partial charge in [-0.3, -0.25) is 9.78 Å². The predicted octanol–water partition coefficient (Wildman–Crippen LogP) is 3.83. The molecule has 0 aliphatic carbocycles. The summed E-state index contributed by atoms with van der Waals surface area (Å²) in [5.74, 6) is 0.980. The molecule has 0 aliphatic heterocycles. The van der Waals surface area contributed by atoms with Gasteiger partial charge in [-0.15, -0.1) is 0 Å². The highest BCUT2D eigenvalue weighted by atomic mass is 16.5. The largest absolute Gasteiger partial charge is 0.439 e. The second-order valence-corrected chi connectivity index (χ2v) is 4.99. The predicted molar refractivity (Wildman–Crippen MR) is 87.7 cm³/mol. The van der Waals surface area contributed by atoms with Crippen LogP contribution < -0.4 is 10.1 Å². The molecule has 5 heteroatoms. The Morgan fingerprint density at radius 1 is 1.00 bits per heavy atom. The van der Waals surface area contributed by atoms with Crippen LogP contribution in [0.25, 0.3) is 0 Å². The summed E-state index contributed by atoms with van der Waals surface area (Å²) in [6.07, 6.45) is 4.71. The number of aromatic nitrogens is 2. The van der Waals surface area contributed by atoms with Crippen LogP contribution in [0.1, 0.15) is 15.9 Å². The summed E-state index contributed by atoms with van der Waals surface area (Å²) in [6, 6.07) is 14.5. The van der Waals surface area contributed by atoms with Gasteiger partial charge in [0.25, 0.3) is 5.91 Å². The third-order valence-electron chi connectivity index (χ3n) is 3.18.